The Morgan fingerprint density at radius 3 is 2.75 bits per heavy atom. The Labute approximate surface area is 207 Å². The van der Waals surface area contributed by atoms with Crippen molar-refractivity contribution in [1.29, 1.82) is 0 Å². The second-order valence-electron chi connectivity index (χ2n) is 9.53. The van der Waals surface area contributed by atoms with E-state index in [2.05, 4.69) is 25.4 Å². The van der Waals surface area contributed by atoms with Crippen molar-refractivity contribution in [3.05, 3.63) is 24.3 Å². The highest BCUT2D eigenvalue weighted by atomic mass is 16.8. The van der Waals surface area contributed by atoms with E-state index in [4.69, 9.17) is 29.4 Å². The van der Waals surface area contributed by atoms with Gasteiger partial charge in [-0.2, -0.15) is 15.1 Å². The molecule has 1 unspecified atom stereocenters. The van der Waals surface area contributed by atoms with Gasteiger partial charge in [0.25, 0.3) is 11.9 Å². The van der Waals surface area contributed by atoms with Crippen LogP contribution < -0.4 is 11.1 Å². The molecule has 4 atom stereocenters. The van der Waals surface area contributed by atoms with Crippen molar-refractivity contribution in [3.8, 4) is 5.95 Å². The fourth-order valence-corrected chi connectivity index (χ4v) is 4.27. The number of hydrogen-bond acceptors (Lipinski definition) is 11. The average Bonchev–Trinajstić information content (AvgIpc) is 3.60. The number of carbonyl (C=O) groups excluding carboxylic acids is 1. The van der Waals surface area contributed by atoms with Crippen LogP contribution in [0.25, 0.3) is 17.1 Å². The lowest BCUT2D eigenvalue weighted by Gasteiger charge is -2.28. The maximum atomic E-state index is 11.9. The van der Waals surface area contributed by atoms with Gasteiger partial charge < -0.3 is 34.7 Å². The van der Waals surface area contributed by atoms with Crippen LogP contribution >= 0.6 is 0 Å². The Balaban J connectivity index is 1.50. The lowest BCUT2D eigenvalue weighted by Crippen LogP contribution is -2.37. The van der Waals surface area contributed by atoms with Gasteiger partial charge in [0.1, 0.15) is 23.8 Å². The molecule has 3 aromatic rings. The average molecular weight is 503 g/mol. The van der Waals surface area contributed by atoms with E-state index >= 15 is 0 Å². The standard InChI is InChI=1S/C22H30N8O6/c1-21(2,32-6)33-9-12-14-15(36-22(3,4)35-14)19(34-12)29-10-25-13-16(23)27-20(28-17(13)29)30-8-11(7-26-30)18(31)24-5/h7-8,10,12,14-15,19H,9H2,1-6H3,(H,24,31)(H2,23,27,28)/t12-,14+,15?,19-/m1/s1. The summed E-state index contributed by atoms with van der Waals surface area (Å²) in [5.41, 5.74) is 7.39. The third kappa shape index (κ3) is 4.30. The molecule has 0 saturated carbocycles. The summed E-state index contributed by atoms with van der Waals surface area (Å²) in [5, 5.41) is 6.75. The molecule has 36 heavy (non-hydrogen) atoms. The smallest absolute Gasteiger partial charge is 0.254 e. The van der Waals surface area contributed by atoms with Gasteiger partial charge in [-0.25, -0.2) is 9.67 Å². The number of nitrogens with one attached hydrogen (secondary N) is 1. The zero-order valence-electron chi connectivity index (χ0n) is 21.0. The van der Waals surface area contributed by atoms with Crippen molar-refractivity contribution in [3.63, 3.8) is 0 Å². The van der Waals surface area contributed by atoms with Crippen LogP contribution in [-0.2, 0) is 23.7 Å². The number of nitrogens with zero attached hydrogens (tertiary/aromatic N) is 6. The van der Waals surface area contributed by atoms with Crippen LogP contribution in [0.15, 0.2) is 18.7 Å². The van der Waals surface area contributed by atoms with E-state index < -0.39 is 36.1 Å². The first-order valence-corrected chi connectivity index (χ1v) is 11.5. The Morgan fingerprint density at radius 1 is 1.28 bits per heavy atom. The predicted octanol–water partition coefficient (Wildman–Crippen LogP) is 0.770. The van der Waals surface area contributed by atoms with E-state index in [1.165, 1.54) is 24.1 Å². The number of aromatic nitrogens is 6. The minimum Gasteiger partial charge on any atom is -0.382 e. The van der Waals surface area contributed by atoms with Crippen molar-refractivity contribution < 1.29 is 28.5 Å². The number of ether oxygens (including phenoxy) is 5. The molecule has 0 aliphatic carbocycles. The SMILES string of the molecule is CNC(=O)c1cnn(-c2nc(N)c3ncn([C@@H]4O[C@H](COC(C)(C)OC)[C@@H]5OC(C)(C)OC54)c3n2)c1. The Morgan fingerprint density at radius 2 is 2.03 bits per heavy atom. The molecule has 0 spiro atoms. The first-order valence-electron chi connectivity index (χ1n) is 11.5. The minimum atomic E-state index is -0.812. The molecule has 1 amide bonds. The van der Waals surface area contributed by atoms with Gasteiger partial charge in [-0.1, -0.05) is 0 Å². The Kier molecular flexibility index (Phi) is 5.95. The summed E-state index contributed by atoms with van der Waals surface area (Å²) in [4.78, 5) is 25.3. The molecule has 3 N–H and O–H groups in total. The molecule has 14 nitrogen and oxygen atoms in total. The van der Waals surface area contributed by atoms with Crippen LogP contribution in [0.4, 0.5) is 5.82 Å². The lowest BCUT2D eigenvalue weighted by atomic mass is 10.1. The number of carbonyl (C=O) groups is 1. The maximum Gasteiger partial charge on any atom is 0.254 e. The topological polar surface area (TPSA) is 163 Å². The molecular weight excluding hydrogens is 472 g/mol. The van der Waals surface area contributed by atoms with Crippen molar-refractivity contribution >= 4 is 22.9 Å². The molecular formula is C22H30N8O6. The fraction of sp³-hybridized carbons (Fsp3) is 0.591. The largest absolute Gasteiger partial charge is 0.382 e. The highest BCUT2D eigenvalue weighted by molar-refractivity contribution is 5.93. The second-order valence-corrected chi connectivity index (χ2v) is 9.53. The van der Waals surface area contributed by atoms with E-state index in [1.54, 1.807) is 18.0 Å². The van der Waals surface area contributed by atoms with Gasteiger partial charge in [0, 0.05) is 20.4 Å². The van der Waals surface area contributed by atoms with Gasteiger partial charge in [0.05, 0.1) is 24.7 Å². The first kappa shape index (κ1) is 24.5. The summed E-state index contributed by atoms with van der Waals surface area (Å²) in [6.07, 6.45) is 2.61. The molecule has 2 aliphatic heterocycles. The van der Waals surface area contributed by atoms with E-state index in [0.717, 1.165) is 0 Å². The number of amides is 1. The summed E-state index contributed by atoms with van der Waals surface area (Å²) >= 11 is 0. The third-order valence-corrected chi connectivity index (χ3v) is 6.20. The van der Waals surface area contributed by atoms with Gasteiger partial charge in [-0.05, 0) is 27.7 Å². The maximum absolute atomic E-state index is 11.9. The van der Waals surface area contributed by atoms with Gasteiger partial charge in [-0.3, -0.25) is 9.36 Å². The van der Waals surface area contributed by atoms with Crippen LogP contribution in [0.5, 0.6) is 0 Å². The summed E-state index contributed by atoms with van der Waals surface area (Å²) in [7, 11) is 3.12. The van der Waals surface area contributed by atoms with Crippen LogP contribution in [0.1, 0.15) is 44.3 Å². The molecule has 2 fully saturated rings. The lowest BCUT2D eigenvalue weighted by molar-refractivity contribution is -0.235. The molecule has 14 heteroatoms. The van der Waals surface area contributed by atoms with Crippen molar-refractivity contribution in [1.82, 2.24) is 34.6 Å². The number of methoxy groups -OCH3 is 1. The molecule has 194 valence electrons. The van der Waals surface area contributed by atoms with Crippen LogP contribution in [0, 0.1) is 0 Å². The van der Waals surface area contributed by atoms with Crippen molar-refractivity contribution in [2.24, 2.45) is 0 Å². The molecule has 0 radical (unpaired) electrons. The van der Waals surface area contributed by atoms with E-state index in [9.17, 15) is 4.79 Å². The molecule has 5 heterocycles. The molecule has 0 bridgehead atoms. The van der Waals surface area contributed by atoms with Crippen molar-refractivity contribution in [2.45, 2.75) is 63.8 Å². The summed E-state index contributed by atoms with van der Waals surface area (Å²) < 4.78 is 33.1. The molecule has 5 rings (SSSR count). The van der Waals surface area contributed by atoms with Gasteiger partial charge >= 0.3 is 0 Å². The summed E-state index contributed by atoms with van der Waals surface area (Å²) in [5.74, 6) is -1.55. The molecule has 0 aromatic carbocycles. The van der Waals surface area contributed by atoms with E-state index in [1.807, 2.05) is 27.7 Å². The predicted molar refractivity (Wildman–Crippen MR) is 125 cm³/mol. The number of nitrogen functional groups attached to an aromatic ring is 1. The molecule has 3 aromatic heterocycles. The minimum absolute atomic E-state index is 0.158. The highest BCUT2D eigenvalue weighted by Crippen LogP contribution is 2.44. The van der Waals surface area contributed by atoms with Crippen LogP contribution in [0.3, 0.4) is 0 Å². The summed E-state index contributed by atoms with van der Waals surface area (Å²) in [6, 6.07) is 0. The van der Waals surface area contributed by atoms with Gasteiger partial charge in [0.2, 0.25) is 0 Å². The molecule has 2 aliphatic rings. The van der Waals surface area contributed by atoms with Crippen molar-refractivity contribution in [2.75, 3.05) is 26.5 Å². The monoisotopic (exact) mass is 502 g/mol. The number of fused-ring (bicyclic) bond motifs is 2. The summed E-state index contributed by atoms with van der Waals surface area (Å²) in [6.45, 7) is 7.57. The first-order chi connectivity index (χ1) is 17.0. The third-order valence-electron chi connectivity index (χ3n) is 6.20. The quantitative estimate of drug-likeness (QED) is 0.439. The fourth-order valence-electron chi connectivity index (χ4n) is 4.27. The van der Waals surface area contributed by atoms with Gasteiger partial charge in [-0.15, -0.1) is 0 Å². The second kappa shape index (κ2) is 8.74. The number of anilines is 1. The highest BCUT2D eigenvalue weighted by Gasteiger charge is 2.56. The number of rotatable bonds is 7. The van der Waals surface area contributed by atoms with Gasteiger partial charge in [0.15, 0.2) is 29.3 Å². The number of hydrogen-bond donors (Lipinski definition) is 2. The number of imidazole rings is 1. The van der Waals surface area contributed by atoms with E-state index in [0.29, 0.717) is 16.7 Å². The van der Waals surface area contributed by atoms with Crippen LogP contribution in [0.2, 0.25) is 0 Å². The zero-order valence-corrected chi connectivity index (χ0v) is 21.0. The zero-order chi connectivity index (χ0) is 25.8. The normalized spacial score (nSPS) is 25.4. The van der Waals surface area contributed by atoms with Crippen LogP contribution in [-0.4, -0.2) is 85.9 Å². The van der Waals surface area contributed by atoms with E-state index in [-0.39, 0.29) is 24.3 Å². The Bertz CT molecular complexity index is 1290. The Hall–Kier alpha value is -3.17. The molecule has 2 saturated heterocycles. The number of nitrogens with two attached hydrogens (primary N) is 1.